The number of hydrogen-bond acceptors (Lipinski definition) is 14. The number of hydrogen-bond donors (Lipinski definition) is 0. The second-order valence-corrected chi connectivity index (χ2v) is 25.7. The van der Waals surface area contributed by atoms with Crippen LogP contribution in [0.25, 0.3) is 11.4 Å². The fourth-order valence-electron chi connectivity index (χ4n) is 7.22. The molecule has 2 aromatic heterocycles. The molecule has 2 fully saturated rings. The Kier molecular flexibility index (Phi) is 22.5. The molecule has 8 aromatic rings. The Morgan fingerprint density at radius 3 is 0.944 bits per heavy atom. The fraction of sp³-hybridized carbons (Fsp3) is 0.0980. The van der Waals surface area contributed by atoms with Crippen LogP contribution in [0, 0.1) is 0 Å². The van der Waals surface area contributed by atoms with Gasteiger partial charge in [-0.05, 0) is 73.5 Å². The summed E-state index contributed by atoms with van der Waals surface area (Å²) in [6, 6.07) is 77.3. The molecule has 6 aromatic carbocycles. The van der Waals surface area contributed by atoms with Gasteiger partial charge in [-0.25, -0.2) is 12.9 Å². The van der Waals surface area contributed by atoms with E-state index in [9.17, 15) is 28.4 Å². The van der Waals surface area contributed by atoms with Crippen LogP contribution < -0.4 is 51.6 Å². The van der Waals surface area contributed by atoms with E-state index in [2.05, 4.69) is 205 Å². The molecule has 0 saturated carbocycles. The van der Waals surface area contributed by atoms with Gasteiger partial charge >= 0.3 is 19.5 Å². The summed E-state index contributed by atoms with van der Waals surface area (Å²) >= 11 is 0. The van der Waals surface area contributed by atoms with Crippen LogP contribution in [0.4, 0.5) is 0 Å². The van der Waals surface area contributed by atoms with Crippen molar-refractivity contribution in [1.82, 2.24) is 9.97 Å². The number of ether oxygens (including phenoxy) is 1. The van der Waals surface area contributed by atoms with Crippen LogP contribution in [0.15, 0.2) is 235 Å². The van der Waals surface area contributed by atoms with Crippen molar-refractivity contribution in [3.63, 3.8) is 0 Å². The molecule has 0 aliphatic carbocycles. The van der Waals surface area contributed by atoms with E-state index in [4.69, 9.17) is 14.4 Å². The molecule has 71 heavy (non-hydrogen) atoms. The Morgan fingerprint density at radius 1 is 0.437 bits per heavy atom. The van der Waals surface area contributed by atoms with Crippen LogP contribution in [0.2, 0.25) is 0 Å². The molecule has 0 unspecified atom stereocenters. The van der Waals surface area contributed by atoms with Crippen LogP contribution >= 0.6 is 37.9 Å². The quantitative estimate of drug-likeness (QED) is 0.107. The van der Waals surface area contributed by atoms with Crippen molar-refractivity contribution in [3.05, 3.63) is 231 Å². The molecule has 2 aliphatic heterocycles. The summed E-state index contributed by atoms with van der Waals surface area (Å²) in [6.07, 6.45) is 6.09. The Hall–Kier alpha value is -4.73. The van der Waals surface area contributed by atoms with Gasteiger partial charge in [-0.1, -0.05) is 158 Å². The van der Waals surface area contributed by atoms with Crippen LogP contribution in [-0.2, 0) is 50.8 Å². The summed E-state index contributed by atoms with van der Waals surface area (Å²) in [7, 11) is -20.3. The minimum Gasteiger partial charge on any atom is -0.857 e. The van der Waals surface area contributed by atoms with Crippen molar-refractivity contribution in [3.8, 4) is 11.4 Å². The van der Waals surface area contributed by atoms with Crippen molar-refractivity contribution in [2.75, 3.05) is 20.3 Å². The summed E-state index contributed by atoms with van der Waals surface area (Å²) in [5.41, 5.74) is 1.83. The third-order valence-electron chi connectivity index (χ3n) is 10.1. The molecule has 20 heteroatoms. The van der Waals surface area contributed by atoms with E-state index in [1.165, 1.54) is 44.7 Å². The average Bonchev–Trinajstić information content (AvgIpc) is 4.00. The fourth-order valence-corrected chi connectivity index (χ4v) is 20.8. The van der Waals surface area contributed by atoms with Crippen molar-refractivity contribution in [1.29, 1.82) is 0 Å². The third kappa shape index (κ3) is 15.9. The Morgan fingerprint density at radius 2 is 0.704 bits per heavy atom. The SMILES string of the molecule is C1CCOC1.C[O-].O=P1([O-])OP(=O)([O-])OP(=O)([O-])O1.[Ru+3].c1ccc(-c2ccccn2)nc1.c1ccc(P(=N[P+](c2ccccc2)(c2ccccc2)c2ccccc2)(c2ccccc2)c2ccccc2)cc1. The van der Waals surface area contributed by atoms with E-state index in [0.29, 0.717) is 0 Å². The molecular formula is C51H49N3O11P5Ru. The van der Waals surface area contributed by atoms with Crippen LogP contribution in [0.1, 0.15) is 12.8 Å². The maximum atomic E-state index is 10.2. The van der Waals surface area contributed by atoms with Gasteiger partial charge in [-0.15, -0.1) is 4.52 Å². The molecule has 2 aliphatic rings. The third-order valence-corrected chi connectivity index (χ3v) is 23.3. The summed E-state index contributed by atoms with van der Waals surface area (Å²) in [5.74, 6) is 0. The van der Waals surface area contributed by atoms with E-state index in [1.54, 1.807) is 12.4 Å². The first kappa shape index (κ1) is 57.2. The van der Waals surface area contributed by atoms with Gasteiger partial charge in [0.25, 0.3) is 23.5 Å². The maximum absolute atomic E-state index is 10.2. The van der Waals surface area contributed by atoms with E-state index in [0.717, 1.165) is 31.7 Å². The summed E-state index contributed by atoms with van der Waals surface area (Å²) in [5, 5.41) is 15.8. The molecule has 0 amide bonds. The Bertz CT molecular complexity index is 2680. The molecular weight excluding hydrogens is 1090 g/mol. The molecule has 1 radical (unpaired) electrons. The number of aromatic nitrogens is 2. The van der Waals surface area contributed by atoms with Crippen molar-refractivity contribution in [2.24, 2.45) is 4.52 Å². The Labute approximate surface area is 427 Å². The zero-order valence-corrected chi connectivity index (χ0v) is 44.4. The average molecular weight is 1140 g/mol. The van der Waals surface area contributed by atoms with Crippen LogP contribution in [0.3, 0.4) is 0 Å². The molecule has 367 valence electrons. The van der Waals surface area contributed by atoms with Gasteiger partial charge < -0.3 is 24.5 Å². The van der Waals surface area contributed by atoms with E-state index < -0.39 is 37.9 Å². The number of phosphoric acid groups is 3. The normalized spacial score (nSPS) is 19.1. The maximum Gasteiger partial charge on any atom is 3.00 e. The molecule has 14 nitrogen and oxygen atoms in total. The van der Waals surface area contributed by atoms with Crippen LogP contribution in [0.5, 0.6) is 0 Å². The predicted molar refractivity (Wildman–Crippen MR) is 272 cm³/mol. The monoisotopic (exact) mass is 1140 g/mol. The van der Waals surface area contributed by atoms with Gasteiger partial charge in [0.05, 0.1) is 11.4 Å². The second-order valence-electron chi connectivity index (χ2n) is 14.7. The molecule has 0 spiro atoms. The van der Waals surface area contributed by atoms with Gasteiger partial charge in [0.1, 0.15) is 23.0 Å². The van der Waals surface area contributed by atoms with Gasteiger partial charge in [0, 0.05) is 41.5 Å². The zero-order valence-electron chi connectivity index (χ0n) is 38.2. The summed E-state index contributed by atoms with van der Waals surface area (Å²) < 4.78 is 51.6. The van der Waals surface area contributed by atoms with Gasteiger partial charge in [-0.2, -0.15) is 7.11 Å². The number of rotatable bonds is 8. The first-order valence-electron chi connectivity index (χ1n) is 21.7. The summed E-state index contributed by atoms with van der Waals surface area (Å²) in [6.45, 7) is 2.00. The van der Waals surface area contributed by atoms with E-state index >= 15 is 0 Å². The van der Waals surface area contributed by atoms with Crippen molar-refractivity contribution >= 4 is 69.8 Å². The smallest absolute Gasteiger partial charge is 0.857 e. The molecule has 2 saturated heterocycles. The first-order chi connectivity index (χ1) is 33.9. The van der Waals surface area contributed by atoms with Gasteiger partial charge in [-0.3, -0.25) is 23.7 Å². The molecule has 0 atom stereocenters. The van der Waals surface area contributed by atoms with Crippen molar-refractivity contribution < 1.29 is 70.6 Å². The number of pyridine rings is 2. The topological polar surface area (TPSA) is 219 Å². The van der Waals surface area contributed by atoms with Gasteiger partial charge in [0.15, 0.2) is 0 Å². The van der Waals surface area contributed by atoms with Crippen LogP contribution in [-0.4, -0.2) is 30.3 Å². The molecule has 10 rings (SSSR count). The van der Waals surface area contributed by atoms with E-state index in [1.807, 2.05) is 36.4 Å². The minimum atomic E-state index is -5.36. The largest absolute Gasteiger partial charge is 3.00 e. The second kappa shape index (κ2) is 27.9. The number of benzene rings is 6. The molecule has 4 heterocycles. The number of nitrogens with zero attached hydrogens (tertiary/aromatic N) is 3. The van der Waals surface area contributed by atoms with Gasteiger partial charge in [0.2, 0.25) is 7.41 Å². The van der Waals surface area contributed by atoms with Crippen molar-refractivity contribution in [2.45, 2.75) is 12.8 Å². The first-order valence-corrected chi connectivity index (χ1v) is 29.5. The molecule has 0 N–H and O–H groups in total. The summed E-state index contributed by atoms with van der Waals surface area (Å²) in [4.78, 5) is 39.1. The predicted octanol–water partition coefficient (Wildman–Crippen LogP) is 7.44. The standard InChI is InChI=1S/C36H30NP2.C10H8N2.C4H8O.CH3O.H3O9P3.Ru/c1-7-19-31(20-8-1)38(32-21-9-2-10-22-32,33-23-11-3-12-24-33)37-39(34-25-13-4-14-26-34,35-27-15-5-16-28-35)36-29-17-6-18-30-36;1-3-7-11-9(5-1)10-6-2-4-8-12-10;1-2-4-5-3-1;1-2;1-10(2)7-11(3,4)9-12(5,6)8-10;/h1-30H;1-8H;1-4H2;1H3;(H,1,2)(H,3,4)(H,5,6);/q+1;;;-1;;+3/p-3. The molecule has 0 bridgehead atoms. The Balaban J connectivity index is 0.000000236. The zero-order chi connectivity index (χ0) is 49.8. The minimum absolute atomic E-state index is 0. The van der Waals surface area contributed by atoms with E-state index in [-0.39, 0.29) is 19.5 Å².